The van der Waals surface area contributed by atoms with Crippen molar-refractivity contribution in [2.75, 3.05) is 13.6 Å². The molecule has 0 aliphatic rings. The van der Waals surface area contributed by atoms with E-state index in [4.69, 9.17) is 0 Å². The van der Waals surface area contributed by atoms with Gasteiger partial charge in [-0.25, -0.2) is 0 Å². The summed E-state index contributed by atoms with van der Waals surface area (Å²) < 4.78 is 0. The normalized spacial score (nSPS) is 12.8. The Kier molecular flexibility index (Phi) is 4.68. The minimum Gasteiger partial charge on any atom is -0.319 e. The number of hydrogen-bond donors (Lipinski definition) is 1. The van der Waals surface area contributed by atoms with Crippen LogP contribution >= 0.6 is 0 Å². The van der Waals surface area contributed by atoms with Crippen molar-refractivity contribution in [2.45, 2.75) is 32.6 Å². The predicted octanol–water partition coefficient (Wildman–Crippen LogP) is 3.10. The van der Waals surface area contributed by atoms with E-state index in [9.17, 15) is 0 Å². The van der Waals surface area contributed by atoms with Gasteiger partial charge in [-0.1, -0.05) is 43.2 Å². The average Bonchev–Trinajstić information content (AvgIpc) is 2.17. The van der Waals surface area contributed by atoms with Gasteiger partial charge in [0.15, 0.2) is 0 Å². The lowest BCUT2D eigenvalue weighted by molar-refractivity contribution is 0.576. The Labute approximate surface area is 87.5 Å². The summed E-state index contributed by atoms with van der Waals surface area (Å²) in [4.78, 5) is 0. The molecule has 0 fully saturated rings. The second-order valence-corrected chi connectivity index (χ2v) is 3.96. The average molecular weight is 191 g/mol. The van der Waals surface area contributed by atoms with Gasteiger partial charge >= 0.3 is 0 Å². The molecule has 1 atom stereocenters. The first kappa shape index (κ1) is 11.3. The molecule has 0 spiro atoms. The molecule has 1 nitrogen and oxygen atoms in total. The van der Waals surface area contributed by atoms with E-state index in [0.717, 1.165) is 6.54 Å². The summed E-state index contributed by atoms with van der Waals surface area (Å²) in [5, 5.41) is 3.27. The van der Waals surface area contributed by atoms with Crippen LogP contribution in [0.2, 0.25) is 0 Å². The van der Waals surface area contributed by atoms with E-state index in [1.165, 1.54) is 24.0 Å². The number of benzene rings is 1. The Morgan fingerprint density at radius 2 is 2.14 bits per heavy atom. The molecule has 0 saturated heterocycles. The molecule has 0 aliphatic carbocycles. The molecule has 0 aromatic heterocycles. The first-order valence-electron chi connectivity index (χ1n) is 5.49. The Balaban J connectivity index is 2.75. The first-order chi connectivity index (χ1) is 6.77. The van der Waals surface area contributed by atoms with E-state index >= 15 is 0 Å². The molecule has 14 heavy (non-hydrogen) atoms. The lowest BCUT2D eigenvalue weighted by Gasteiger charge is -2.16. The van der Waals surface area contributed by atoms with E-state index in [2.05, 4.69) is 43.4 Å². The van der Waals surface area contributed by atoms with Crippen LogP contribution in [0.5, 0.6) is 0 Å². The fraction of sp³-hybridized carbons (Fsp3) is 0.538. The third-order valence-corrected chi connectivity index (χ3v) is 2.60. The quantitative estimate of drug-likeness (QED) is 0.754. The summed E-state index contributed by atoms with van der Waals surface area (Å²) in [6.45, 7) is 5.49. The van der Waals surface area contributed by atoms with Crippen LogP contribution in [-0.2, 0) is 0 Å². The van der Waals surface area contributed by atoms with Crippen LogP contribution < -0.4 is 5.32 Å². The van der Waals surface area contributed by atoms with E-state index in [1.807, 2.05) is 7.05 Å². The molecule has 0 radical (unpaired) electrons. The fourth-order valence-electron chi connectivity index (χ4n) is 1.91. The first-order valence-corrected chi connectivity index (χ1v) is 5.49. The van der Waals surface area contributed by atoms with E-state index < -0.39 is 0 Å². The van der Waals surface area contributed by atoms with Crippen molar-refractivity contribution in [1.29, 1.82) is 0 Å². The molecule has 0 aliphatic heterocycles. The second kappa shape index (κ2) is 5.82. The number of aryl methyl sites for hydroxylation is 1. The number of hydrogen-bond acceptors (Lipinski definition) is 1. The molecule has 1 N–H and O–H groups in total. The highest BCUT2D eigenvalue weighted by Gasteiger charge is 2.08. The topological polar surface area (TPSA) is 12.0 Å². The third kappa shape index (κ3) is 3.15. The van der Waals surface area contributed by atoms with Crippen molar-refractivity contribution in [3.05, 3.63) is 35.4 Å². The molecule has 78 valence electrons. The van der Waals surface area contributed by atoms with Gasteiger partial charge in [0.25, 0.3) is 0 Å². The largest absolute Gasteiger partial charge is 0.319 e. The van der Waals surface area contributed by atoms with Crippen molar-refractivity contribution < 1.29 is 0 Å². The molecule has 1 heteroatoms. The lowest BCUT2D eigenvalue weighted by Crippen LogP contribution is -2.17. The van der Waals surface area contributed by atoms with Crippen molar-refractivity contribution in [1.82, 2.24) is 5.32 Å². The number of rotatable bonds is 5. The van der Waals surface area contributed by atoms with Crippen LogP contribution in [0.1, 0.15) is 36.8 Å². The number of likely N-dealkylation sites (N-methyl/N-ethyl adjacent to an activating group) is 1. The van der Waals surface area contributed by atoms with Gasteiger partial charge in [-0.2, -0.15) is 0 Å². The molecule has 1 aromatic carbocycles. The molecule has 1 unspecified atom stereocenters. The van der Waals surface area contributed by atoms with E-state index in [-0.39, 0.29) is 0 Å². The maximum Gasteiger partial charge on any atom is 0.00171 e. The van der Waals surface area contributed by atoms with Gasteiger partial charge in [-0.15, -0.1) is 0 Å². The predicted molar refractivity (Wildman–Crippen MR) is 62.8 cm³/mol. The lowest BCUT2D eigenvalue weighted by atomic mass is 9.93. The molecule has 0 amide bonds. The van der Waals surface area contributed by atoms with Crippen molar-refractivity contribution in [3.63, 3.8) is 0 Å². The maximum absolute atomic E-state index is 3.27. The van der Waals surface area contributed by atoms with Crippen LogP contribution in [0.3, 0.4) is 0 Å². The fourth-order valence-corrected chi connectivity index (χ4v) is 1.91. The molecule has 0 saturated carbocycles. The van der Waals surface area contributed by atoms with Crippen molar-refractivity contribution in [2.24, 2.45) is 0 Å². The van der Waals surface area contributed by atoms with Crippen molar-refractivity contribution in [3.8, 4) is 0 Å². The molecule has 0 heterocycles. The zero-order valence-electron chi connectivity index (χ0n) is 9.51. The summed E-state index contributed by atoms with van der Waals surface area (Å²) in [6.07, 6.45) is 2.52. The van der Waals surface area contributed by atoms with Gasteiger partial charge in [0.2, 0.25) is 0 Å². The SMILES string of the molecule is CCCC(CNC)c1cccc(C)c1. The Morgan fingerprint density at radius 3 is 2.71 bits per heavy atom. The maximum atomic E-state index is 3.27. The Hall–Kier alpha value is -0.820. The molecular weight excluding hydrogens is 170 g/mol. The summed E-state index contributed by atoms with van der Waals surface area (Å²) >= 11 is 0. The number of nitrogens with one attached hydrogen (secondary N) is 1. The smallest absolute Gasteiger partial charge is 0.00171 e. The monoisotopic (exact) mass is 191 g/mol. The van der Waals surface area contributed by atoms with Crippen LogP contribution in [-0.4, -0.2) is 13.6 Å². The highest BCUT2D eigenvalue weighted by atomic mass is 14.8. The van der Waals surface area contributed by atoms with Gasteiger partial charge in [0, 0.05) is 6.54 Å². The Morgan fingerprint density at radius 1 is 1.36 bits per heavy atom. The van der Waals surface area contributed by atoms with Crippen LogP contribution in [0.4, 0.5) is 0 Å². The second-order valence-electron chi connectivity index (χ2n) is 3.96. The summed E-state index contributed by atoms with van der Waals surface area (Å²) in [6, 6.07) is 8.86. The Bertz CT molecular complexity index is 262. The van der Waals surface area contributed by atoms with E-state index in [0.29, 0.717) is 5.92 Å². The minimum atomic E-state index is 0.671. The highest BCUT2D eigenvalue weighted by Crippen LogP contribution is 2.21. The van der Waals surface area contributed by atoms with Crippen LogP contribution in [0, 0.1) is 6.92 Å². The molecule has 0 bridgehead atoms. The zero-order chi connectivity index (χ0) is 10.4. The standard InChI is InChI=1S/C13H21N/c1-4-6-13(10-14-3)12-8-5-7-11(2)9-12/h5,7-9,13-14H,4,6,10H2,1-3H3. The molecule has 1 rings (SSSR count). The van der Waals surface area contributed by atoms with Gasteiger partial charge in [0.05, 0.1) is 0 Å². The zero-order valence-corrected chi connectivity index (χ0v) is 9.51. The molecule has 1 aromatic rings. The summed E-state index contributed by atoms with van der Waals surface area (Å²) in [5.41, 5.74) is 2.83. The highest BCUT2D eigenvalue weighted by molar-refractivity contribution is 5.25. The van der Waals surface area contributed by atoms with Gasteiger partial charge in [-0.3, -0.25) is 0 Å². The summed E-state index contributed by atoms with van der Waals surface area (Å²) in [5.74, 6) is 0.671. The van der Waals surface area contributed by atoms with Gasteiger partial charge in [0.1, 0.15) is 0 Å². The van der Waals surface area contributed by atoms with Crippen LogP contribution in [0.15, 0.2) is 24.3 Å². The third-order valence-electron chi connectivity index (χ3n) is 2.60. The van der Waals surface area contributed by atoms with Gasteiger partial charge < -0.3 is 5.32 Å². The summed E-state index contributed by atoms with van der Waals surface area (Å²) in [7, 11) is 2.03. The minimum absolute atomic E-state index is 0.671. The molecular formula is C13H21N. The van der Waals surface area contributed by atoms with Crippen LogP contribution in [0.25, 0.3) is 0 Å². The van der Waals surface area contributed by atoms with Gasteiger partial charge in [-0.05, 0) is 31.9 Å². The van der Waals surface area contributed by atoms with Crippen molar-refractivity contribution >= 4 is 0 Å². The van der Waals surface area contributed by atoms with E-state index in [1.54, 1.807) is 0 Å².